The highest BCUT2D eigenvalue weighted by atomic mass is 16.5. The van der Waals surface area contributed by atoms with E-state index in [4.69, 9.17) is 4.74 Å². The third-order valence-corrected chi connectivity index (χ3v) is 3.47. The quantitative estimate of drug-likeness (QED) is 0.911. The lowest BCUT2D eigenvalue weighted by atomic mass is 10.1. The molecule has 20 heavy (non-hydrogen) atoms. The Morgan fingerprint density at radius 2 is 2.00 bits per heavy atom. The topological polar surface area (TPSA) is 51.5 Å². The van der Waals surface area contributed by atoms with Crippen molar-refractivity contribution in [2.75, 3.05) is 13.7 Å². The SMILES string of the molecule is COCCc1ccccc1-n1c(C)cc(C(=O)O)c1C. The Hall–Kier alpha value is -2.07. The Morgan fingerprint density at radius 3 is 2.60 bits per heavy atom. The molecular weight excluding hydrogens is 254 g/mol. The molecule has 106 valence electrons. The van der Waals surface area contributed by atoms with Gasteiger partial charge in [-0.2, -0.15) is 0 Å². The van der Waals surface area contributed by atoms with Gasteiger partial charge in [-0.3, -0.25) is 0 Å². The minimum Gasteiger partial charge on any atom is -0.478 e. The summed E-state index contributed by atoms with van der Waals surface area (Å²) < 4.78 is 7.13. The fourth-order valence-electron chi connectivity index (χ4n) is 2.50. The van der Waals surface area contributed by atoms with Gasteiger partial charge in [-0.15, -0.1) is 0 Å². The molecule has 2 aromatic rings. The number of hydrogen-bond acceptors (Lipinski definition) is 2. The summed E-state index contributed by atoms with van der Waals surface area (Å²) in [6.45, 7) is 4.40. The number of ether oxygens (including phenoxy) is 1. The summed E-state index contributed by atoms with van der Waals surface area (Å²) in [5, 5.41) is 9.23. The average Bonchev–Trinajstić information content (AvgIpc) is 2.72. The second-order valence-corrected chi connectivity index (χ2v) is 4.80. The van der Waals surface area contributed by atoms with Gasteiger partial charge in [0.05, 0.1) is 12.2 Å². The van der Waals surface area contributed by atoms with Crippen LogP contribution in [0.2, 0.25) is 0 Å². The van der Waals surface area contributed by atoms with E-state index in [2.05, 4.69) is 0 Å². The maximum Gasteiger partial charge on any atom is 0.337 e. The van der Waals surface area contributed by atoms with Crippen LogP contribution in [0.1, 0.15) is 27.3 Å². The van der Waals surface area contributed by atoms with E-state index < -0.39 is 5.97 Å². The molecule has 0 bridgehead atoms. The van der Waals surface area contributed by atoms with Gasteiger partial charge >= 0.3 is 5.97 Å². The number of carbonyl (C=O) groups is 1. The predicted octanol–water partition coefficient (Wildman–Crippen LogP) is 2.98. The number of nitrogens with zero attached hydrogens (tertiary/aromatic N) is 1. The van der Waals surface area contributed by atoms with Gasteiger partial charge in [-0.25, -0.2) is 4.79 Å². The Morgan fingerprint density at radius 1 is 1.30 bits per heavy atom. The van der Waals surface area contributed by atoms with Crippen molar-refractivity contribution in [2.24, 2.45) is 0 Å². The number of carboxylic acids is 1. The molecule has 0 fully saturated rings. The minimum atomic E-state index is -0.890. The van der Waals surface area contributed by atoms with Crippen LogP contribution in [0, 0.1) is 13.8 Å². The lowest BCUT2D eigenvalue weighted by Gasteiger charge is -2.14. The zero-order valence-electron chi connectivity index (χ0n) is 12.0. The summed E-state index contributed by atoms with van der Waals surface area (Å²) >= 11 is 0. The van der Waals surface area contributed by atoms with Crippen molar-refractivity contribution in [1.82, 2.24) is 4.57 Å². The van der Waals surface area contributed by atoms with Crippen LogP contribution in [0.3, 0.4) is 0 Å². The van der Waals surface area contributed by atoms with Crippen LogP contribution in [-0.4, -0.2) is 29.4 Å². The summed E-state index contributed by atoms with van der Waals surface area (Å²) in [6, 6.07) is 9.72. The number of aromatic carboxylic acids is 1. The highest BCUT2D eigenvalue weighted by molar-refractivity contribution is 5.89. The molecule has 1 aromatic carbocycles. The fraction of sp³-hybridized carbons (Fsp3) is 0.312. The van der Waals surface area contributed by atoms with Gasteiger partial charge in [-0.05, 0) is 38.0 Å². The Labute approximate surface area is 118 Å². The molecule has 0 aliphatic rings. The van der Waals surface area contributed by atoms with Gasteiger partial charge < -0.3 is 14.4 Å². The van der Waals surface area contributed by atoms with E-state index >= 15 is 0 Å². The first-order valence-electron chi connectivity index (χ1n) is 6.55. The molecule has 2 rings (SSSR count). The van der Waals surface area contributed by atoms with E-state index in [0.29, 0.717) is 12.2 Å². The van der Waals surface area contributed by atoms with Gasteiger partial charge in [-0.1, -0.05) is 18.2 Å². The monoisotopic (exact) mass is 273 g/mol. The number of rotatable bonds is 5. The van der Waals surface area contributed by atoms with Crippen molar-refractivity contribution in [1.29, 1.82) is 0 Å². The largest absolute Gasteiger partial charge is 0.478 e. The van der Waals surface area contributed by atoms with Crippen LogP contribution in [0.4, 0.5) is 0 Å². The summed E-state index contributed by atoms with van der Waals surface area (Å²) in [4.78, 5) is 11.2. The molecule has 1 aromatic heterocycles. The van der Waals surface area contributed by atoms with Crippen LogP contribution in [0.5, 0.6) is 0 Å². The number of aryl methyl sites for hydroxylation is 1. The van der Waals surface area contributed by atoms with Crippen LogP contribution in [0.25, 0.3) is 5.69 Å². The van der Waals surface area contributed by atoms with Gasteiger partial charge in [0.15, 0.2) is 0 Å². The Balaban J connectivity index is 2.54. The van der Waals surface area contributed by atoms with E-state index in [0.717, 1.165) is 29.1 Å². The molecule has 1 N–H and O–H groups in total. The molecule has 4 heteroatoms. The number of para-hydroxylation sites is 1. The lowest BCUT2D eigenvalue weighted by molar-refractivity contribution is 0.0696. The van der Waals surface area contributed by atoms with Crippen molar-refractivity contribution in [3.05, 3.63) is 52.8 Å². The van der Waals surface area contributed by atoms with Crippen molar-refractivity contribution in [3.8, 4) is 5.69 Å². The standard InChI is InChI=1S/C16H19NO3/c1-11-10-14(16(18)19)12(2)17(11)15-7-5-4-6-13(15)8-9-20-3/h4-7,10H,8-9H2,1-3H3,(H,18,19). The molecule has 0 aliphatic carbocycles. The van der Waals surface area contributed by atoms with Crippen LogP contribution in [-0.2, 0) is 11.2 Å². The maximum absolute atomic E-state index is 11.2. The smallest absolute Gasteiger partial charge is 0.337 e. The summed E-state index contributed by atoms with van der Waals surface area (Å²) in [5.74, 6) is -0.890. The number of carboxylic acid groups (broad SMARTS) is 1. The average molecular weight is 273 g/mol. The van der Waals surface area contributed by atoms with Crippen molar-refractivity contribution >= 4 is 5.97 Å². The molecule has 0 atom stereocenters. The van der Waals surface area contributed by atoms with Crippen LogP contribution < -0.4 is 0 Å². The summed E-state index contributed by atoms with van der Waals surface area (Å²) in [5.41, 5.74) is 4.19. The first kappa shape index (κ1) is 14.3. The molecule has 4 nitrogen and oxygen atoms in total. The van der Waals surface area contributed by atoms with Crippen LogP contribution in [0.15, 0.2) is 30.3 Å². The van der Waals surface area contributed by atoms with Gasteiger partial charge in [0.1, 0.15) is 0 Å². The molecule has 0 radical (unpaired) electrons. The zero-order valence-corrected chi connectivity index (χ0v) is 12.0. The number of benzene rings is 1. The molecule has 0 saturated carbocycles. The molecule has 1 heterocycles. The van der Waals surface area contributed by atoms with Gasteiger partial charge in [0, 0.05) is 24.2 Å². The van der Waals surface area contributed by atoms with E-state index in [9.17, 15) is 9.90 Å². The highest BCUT2D eigenvalue weighted by Gasteiger charge is 2.17. The Kier molecular flexibility index (Phi) is 4.25. The maximum atomic E-state index is 11.2. The van der Waals surface area contributed by atoms with Gasteiger partial charge in [0.25, 0.3) is 0 Å². The molecule has 0 unspecified atom stereocenters. The number of methoxy groups -OCH3 is 1. The second kappa shape index (κ2) is 5.92. The van der Waals surface area contributed by atoms with E-state index in [-0.39, 0.29) is 0 Å². The third kappa shape index (κ3) is 2.60. The van der Waals surface area contributed by atoms with E-state index in [1.807, 2.05) is 42.7 Å². The van der Waals surface area contributed by atoms with Crippen molar-refractivity contribution in [2.45, 2.75) is 20.3 Å². The molecule has 0 spiro atoms. The van der Waals surface area contributed by atoms with Crippen LogP contribution >= 0.6 is 0 Å². The van der Waals surface area contributed by atoms with E-state index in [1.54, 1.807) is 13.2 Å². The summed E-state index contributed by atoms with van der Waals surface area (Å²) in [7, 11) is 1.68. The lowest BCUT2D eigenvalue weighted by Crippen LogP contribution is -2.06. The van der Waals surface area contributed by atoms with E-state index in [1.165, 1.54) is 0 Å². The first-order chi connectivity index (χ1) is 9.56. The third-order valence-electron chi connectivity index (χ3n) is 3.47. The number of aromatic nitrogens is 1. The van der Waals surface area contributed by atoms with Crippen molar-refractivity contribution < 1.29 is 14.6 Å². The molecule has 0 aliphatic heterocycles. The zero-order chi connectivity index (χ0) is 14.7. The van der Waals surface area contributed by atoms with Crippen molar-refractivity contribution in [3.63, 3.8) is 0 Å². The minimum absolute atomic E-state index is 0.351. The fourth-order valence-corrected chi connectivity index (χ4v) is 2.50. The molecule has 0 amide bonds. The summed E-state index contributed by atoms with van der Waals surface area (Å²) in [6.07, 6.45) is 0.798. The highest BCUT2D eigenvalue weighted by Crippen LogP contribution is 2.24. The Bertz CT molecular complexity index is 629. The number of hydrogen-bond donors (Lipinski definition) is 1. The van der Waals surface area contributed by atoms with Gasteiger partial charge in [0.2, 0.25) is 0 Å². The normalized spacial score (nSPS) is 10.8. The molecular formula is C16H19NO3. The predicted molar refractivity (Wildman–Crippen MR) is 77.8 cm³/mol. The second-order valence-electron chi connectivity index (χ2n) is 4.80. The molecule has 0 saturated heterocycles. The first-order valence-corrected chi connectivity index (χ1v) is 6.55.